The smallest absolute Gasteiger partial charge is 0.246 e. The highest BCUT2D eigenvalue weighted by molar-refractivity contribution is 5.91. The lowest BCUT2D eigenvalue weighted by Gasteiger charge is -2.30. The average molecular weight is 232 g/mol. The molecule has 17 heavy (non-hydrogen) atoms. The Bertz CT molecular complexity index is 403. The highest BCUT2D eigenvalue weighted by Gasteiger charge is 2.19. The third-order valence-corrected chi connectivity index (χ3v) is 2.66. The molecule has 0 aromatic carbocycles. The largest absolute Gasteiger partial charge is 0.375 e. The maximum Gasteiger partial charge on any atom is 0.246 e. The molecule has 1 amide bonds. The molecular weight excluding hydrogens is 216 g/mol. The third kappa shape index (κ3) is 3.39. The Kier molecular flexibility index (Phi) is 3.88. The van der Waals surface area contributed by atoms with E-state index in [-0.39, 0.29) is 12.0 Å². The minimum absolute atomic E-state index is 0.0315. The zero-order valence-corrected chi connectivity index (χ0v) is 9.87. The van der Waals surface area contributed by atoms with Gasteiger partial charge in [-0.15, -0.1) is 0 Å². The van der Waals surface area contributed by atoms with Crippen molar-refractivity contribution >= 4 is 12.0 Å². The Labute approximate surface area is 101 Å². The van der Waals surface area contributed by atoms with Crippen molar-refractivity contribution in [1.29, 1.82) is 0 Å². The molecule has 0 N–H and O–H groups in total. The van der Waals surface area contributed by atoms with Crippen molar-refractivity contribution in [3.8, 4) is 0 Å². The molecule has 1 aromatic heterocycles. The van der Waals surface area contributed by atoms with Crippen LogP contribution in [0.4, 0.5) is 0 Å². The van der Waals surface area contributed by atoms with Crippen molar-refractivity contribution < 1.29 is 9.53 Å². The number of amides is 1. The van der Waals surface area contributed by atoms with Crippen LogP contribution in [0.2, 0.25) is 0 Å². The molecule has 4 nitrogen and oxygen atoms in total. The molecule has 1 aliphatic heterocycles. The number of aromatic nitrogens is 1. The Hall–Kier alpha value is -1.68. The first-order valence-corrected chi connectivity index (χ1v) is 5.74. The fourth-order valence-electron chi connectivity index (χ4n) is 1.77. The first-order chi connectivity index (χ1) is 8.25. The van der Waals surface area contributed by atoms with Gasteiger partial charge in [-0.05, 0) is 24.6 Å². The number of rotatable bonds is 2. The zero-order chi connectivity index (χ0) is 12.1. The van der Waals surface area contributed by atoms with Crippen LogP contribution >= 0.6 is 0 Å². The molecule has 4 heteroatoms. The zero-order valence-electron chi connectivity index (χ0n) is 9.87. The standard InChI is InChI=1S/C13H16N2O2/c1-11-10-15(7-8-17-11)13(16)5-4-12-3-2-6-14-9-12/h2-6,9,11H,7-8,10H2,1H3/b5-4+. The Balaban J connectivity index is 1.94. The van der Waals surface area contributed by atoms with Crippen LogP contribution in [0.15, 0.2) is 30.6 Å². The molecule has 1 unspecified atom stereocenters. The number of carbonyl (C=O) groups is 1. The lowest BCUT2D eigenvalue weighted by atomic mass is 10.2. The molecule has 90 valence electrons. The average Bonchev–Trinajstić information content (AvgIpc) is 2.37. The van der Waals surface area contributed by atoms with Crippen molar-refractivity contribution in [2.45, 2.75) is 13.0 Å². The van der Waals surface area contributed by atoms with Gasteiger partial charge in [0.25, 0.3) is 0 Å². The summed E-state index contributed by atoms with van der Waals surface area (Å²) in [6.45, 7) is 3.93. The molecule has 0 bridgehead atoms. The van der Waals surface area contributed by atoms with Gasteiger partial charge in [-0.1, -0.05) is 6.07 Å². The maximum atomic E-state index is 11.9. The van der Waals surface area contributed by atoms with Gasteiger partial charge in [0.2, 0.25) is 5.91 Å². The summed E-state index contributed by atoms with van der Waals surface area (Å²) < 4.78 is 5.39. The minimum Gasteiger partial charge on any atom is -0.375 e. The van der Waals surface area contributed by atoms with Gasteiger partial charge in [0, 0.05) is 31.6 Å². The van der Waals surface area contributed by atoms with Gasteiger partial charge in [0.15, 0.2) is 0 Å². The predicted molar refractivity (Wildman–Crippen MR) is 65.3 cm³/mol. The van der Waals surface area contributed by atoms with Crippen molar-refractivity contribution in [1.82, 2.24) is 9.88 Å². The molecule has 0 radical (unpaired) electrons. The van der Waals surface area contributed by atoms with Gasteiger partial charge < -0.3 is 9.64 Å². The van der Waals surface area contributed by atoms with Gasteiger partial charge in [-0.3, -0.25) is 9.78 Å². The normalized spacial score (nSPS) is 20.8. The highest BCUT2D eigenvalue weighted by Crippen LogP contribution is 2.06. The number of hydrogen-bond donors (Lipinski definition) is 0. The lowest BCUT2D eigenvalue weighted by Crippen LogP contribution is -2.43. The summed E-state index contributed by atoms with van der Waals surface area (Å²) in [5.74, 6) is 0.0315. The topological polar surface area (TPSA) is 42.4 Å². The van der Waals surface area contributed by atoms with Crippen LogP contribution in [0.5, 0.6) is 0 Å². The minimum atomic E-state index is 0.0315. The second kappa shape index (κ2) is 5.59. The van der Waals surface area contributed by atoms with Crippen LogP contribution in [-0.4, -0.2) is 41.6 Å². The Morgan fingerprint density at radius 3 is 3.24 bits per heavy atom. The SMILES string of the molecule is CC1CN(C(=O)/C=C/c2cccnc2)CCO1. The van der Waals surface area contributed by atoms with Gasteiger partial charge in [-0.25, -0.2) is 0 Å². The summed E-state index contributed by atoms with van der Waals surface area (Å²) in [7, 11) is 0. The quantitative estimate of drug-likeness (QED) is 0.723. The van der Waals surface area contributed by atoms with E-state index >= 15 is 0 Å². The molecule has 0 aliphatic carbocycles. The fourth-order valence-corrected chi connectivity index (χ4v) is 1.77. The molecule has 1 fully saturated rings. The monoisotopic (exact) mass is 232 g/mol. The van der Waals surface area contributed by atoms with E-state index in [2.05, 4.69) is 4.98 Å². The van der Waals surface area contributed by atoms with E-state index < -0.39 is 0 Å². The van der Waals surface area contributed by atoms with Crippen LogP contribution in [-0.2, 0) is 9.53 Å². The van der Waals surface area contributed by atoms with Crippen LogP contribution in [0.1, 0.15) is 12.5 Å². The molecule has 0 saturated carbocycles. The number of ether oxygens (including phenoxy) is 1. The number of morpholine rings is 1. The van der Waals surface area contributed by atoms with Crippen molar-refractivity contribution in [3.63, 3.8) is 0 Å². The first kappa shape index (κ1) is 11.8. The molecule has 1 saturated heterocycles. The lowest BCUT2D eigenvalue weighted by molar-refractivity contribution is -0.132. The van der Waals surface area contributed by atoms with E-state index in [0.29, 0.717) is 19.7 Å². The summed E-state index contributed by atoms with van der Waals surface area (Å²) in [6, 6.07) is 3.76. The van der Waals surface area contributed by atoms with Gasteiger partial charge in [0.1, 0.15) is 0 Å². The molecule has 1 atom stereocenters. The number of pyridine rings is 1. The van der Waals surface area contributed by atoms with E-state index in [1.807, 2.05) is 19.1 Å². The van der Waals surface area contributed by atoms with Crippen LogP contribution < -0.4 is 0 Å². The van der Waals surface area contributed by atoms with Crippen LogP contribution in [0.3, 0.4) is 0 Å². The predicted octanol–water partition coefficient (Wildman–Crippen LogP) is 1.34. The van der Waals surface area contributed by atoms with Crippen molar-refractivity contribution in [2.75, 3.05) is 19.7 Å². The molecular formula is C13H16N2O2. The molecule has 0 spiro atoms. The second-order valence-corrected chi connectivity index (χ2v) is 4.09. The first-order valence-electron chi connectivity index (χ1n) is 5.74. The second-order valence-electron chi connectivity index (χ2n) is 4.09. The van der Waals surface area contributed by atoms with Crippen molar-refractivity contribution in [3.05, 3.63) is 36.2 Å². The summed E-state index contributed by atoms with van der Waals surface area (Å²) in [6.07, 6.45) is 6.94. The van der Waals surface area contributed by atoms with E-state index in [0.717, 1.165) is 5.56 Å². The summed E-state index contributed by atoms with van der Waals surface area (Å²) in [4.78, 5) is 17.7. The summed E-state index contributed by atoms with van der Waals surface area (Å²) in [5, 5.41) is 0. The molecule has 1 aliphatic rings. The maximum absolute atomic E-state index is 11.9. The number of nitrogens with zero attached hydrogens (tertiary/aromatic N) is 2. The number of carbonyl (C=O) groups excluding carboxylic acids is 1. The molecule has 1 aromatic rings. The summed E-state index contributed by atoms with van der Waals surface area (Å²) >= 11 is 0. The van der Waals surface area contributed by atoms with E-state index in [1.54, 1.807) is 29.4 Å². The number of hydrogen-bond acceptors (Lipinski definition) is 3. The van der Waals surface area contributed by atoms with Gasteiger partial charge in [-0.2, -0.15) is 0 Å². The summed E-state index contributed by atoms with van der Waals surface area (Å²) in [5.41, 5.74) is 0.933. The Morgan fingerprint density at radius 2 is 2.53 bits per heavy atom. The van der Waals surface area contributed by atoms with E-state index in [9.17, 15) is 4.79 Å². The fraction of sp³-hybridized carbons (Fsp3) is 0.385. The molecule has 2 heterocycles. The highest BCUT2D eigenvalue weighted by atomic mass is 16.5. The van der Waals surface area contributed by atoms with Gasteiger partial charge in [0.05, 0.1) is 12.7 Å². The van der Waals surface area contributed by atoms with E-state index in [4.69, 9.17) is 4.74 Å². The van der Waals surface area contributed by atoms with E-state index in [1.165, 1.54) is 0 Å². The van der Waals surface area contributed by atoms with Crippen molar-refractivity contribution in [2.24, 2.45) is 0 Å². The Morgan fingerprint density at radius 1 is 1.65 bits per heavy atom. The van der Waals surface area contributed by atoms with Gasteiger partial charge >= 0.3 is 0 Å². The van der Waals surface area contributed by atoms with Crippen LogP contribution in [0, 0.1) is 0 Å². The molecule has 2 rings (SSSR count). The van der Waals surface area contributed by atoms with Crippen LogP contribution in [0.25, 0.3) is 6.08 Å². The third-order valence-electron chi connectivity index (χ3n) is 2.66.